The van der Waals surface area contributed by atoms with E-state index >= 15 is 0 Å². The molecule has 0 fully saturated rings. The second-order valence-electron chi connectivity index (χ2n) is 7.68. The largest absolute Gasteiger partial charge is 0.497 e. The molecule has 0 saturated carbocycles. The zero-order chi connectivity index (χ0) is 27.9. The highest BCUT2D eigenvalue weighted by Gasteiger charge is 2.31. The number of methoxy groups -OCH3 is 6. The van der Waals surface area contributed by atoms with Crippen LogP contribution in [0.25, 0.3) is 0 Å². The van der Waals surface area contributed by atoms with E-state index < -0.39 is 22.5 Å². The highest BCUT2D eigenvalue weighted by molar-refractivity contribution is 7.92. The minimum Gasteiger partial charge on any atom is -0.497 e. The van der Waals surface area contributed by atoms with E-state index in [-0.39, 0.29) is 22.1 Å². The van der Waals surface area contributed by atoms with E-state index in [0.717, 1.165) is 4.31 Å². The first kappa shape index (κ1) is 28.3. The van der Waals surface area contributed by atoms with Crippen molar-refractivity contribution in [1.82, 2.24) is 0 Å². The van der Waals surface area contributed by atoms with E-state index in [1.165, 1.54) is 66.9 Å². The standard InChI is InChI=1S/C26H30N2O9S/c1-32-18-8-11-21(33-2)20(14-18)28(38(30,31)19-9-12-23(35-4)25(15-19)37-6)16-26(29)27-17-7-10-22(34-3)24(13-17)36-5/h7-15H,16H2,1-6H3,(H,27,29). The van der Waals surface area contributed by atoms with Crippen LogP contribution in [0, 0.1) is 0 Å². The molecule has 0 bridgehead atoms. The van der Waals surface area contributed by atoms with Crippen molar-refractivity contribution in [3.05, 3.63) is 54.6 Å². The molecule has 3 rings (SSSR count). The van der Waals surface area contributed by atoms with Gasteiger partial charge in [-0.25, -0.2) is 8.42 Å². The summed E-state index contributed by atoms with van der Waals surface area (Å²) < 4.78 is 60.6. The van der Waals surface area contributed by atoms with Gasteiger partial charge in [-0.3, -0.25) is 9.10 Å². The van der Waals surface area contributed by atoms with Crippen molar-refractivity contribution in [2.75, 3.05) is 58.8 Å². The van der Waals surface area contributed by atoms with Gasteiger partial charge in [0, 0.05) is 23.9 Å². The number of amides is 1. The van der Waals surface area contributed by atoms with Crippen LogP contribution in [0.15, 0.2) is 59.5 Å². The van der Waals surface area contributed by atoms with Crippen LogP contribution < -0.4 is 38.0 Å². The Labute approximate surface area is 221 Å². The molecule has 1 N–H and O–H groups in total. The molecule has 0 aliphatic heterocycles. The lowest BCUT2D eigenvalue weighted by Crippen LogP contribution is -2.38. The van der Waals surface area contributed by atoms with E-state index in [1.54, 1.807) is 30.3 Å². The number of nitrogens with one attached hydrogen (secondary N) is 1. The lowest BCUT2D eigenvalue weighted by atomic mass is 10.2. The summed E-state index contributed by atoms with van der Waals surface area (Å²) in [6.45, 7) is -0.589. The molecule has 38 heavy (non-hydrogen) atoms. The van der Waals surface area contributed by atoms with Crippen LogP contribution in [-0.4, -0.2) is 63.5 Å². The number of carbonyl (C=O) groups is 1. The Kier molecular flexibility index (Phi) is 9.13. The highest BCUT2D eigenvalue weighted by Crippen LogP contribution is 2.38. The number of anilines is 2. The molecule has 3 aromatic carbocycles. The molecule has 0 aromatic heterocycles. The second-order valence-corrected chi connectivity index (χ2v) is 9.55. The molecule has 3 aromatic rings. The number of ether oxygens (including phenoxy) is 6. The first-order valence-corrected chi connectivity index (χ1v) is 12.6. The number of carbonyl (C=O) groups excluding carboxylic acids is 1. The molecule has 0 heterocycles. The van der Waals surface area contributed by atoms with Crippen LogP contribution in [0.5, 0.6) is 34.5 Å². The number of sulfonamides is 1. The molecule has 0 atom stereocenters. The normalized spacial score (nSPS) is 10.8. The summed E-state index contributed by atoms with van der Waals surface area (Å²) in [6, 6.07) is 13.6. The number of rotatable bonds is 12. The Bertz CT molecular complexity index is 1390. The zero-order valence-corrected chi connectivity index (χ0v) is 22.7. The van der Waals surface area contributed by atoms with Crippen LogP contribution in [-0.2, 0) is 14.8 Å². The summed E-state index contributed by atoms with van der Waals surface area (Å²) in [5.74, 6) is 1.40. The summed E-state index contributed by atoms with van der Waals surface area (Å²) in [5, 5.41) is 2.70. The van der Waals surface area contributed by atoms with Gasteiger partial charge in [0.25, 0.3) is 10.0 Å². The predicted octanol–water partition coefficient (Wildman–Crippen LogP) is 3.57. The van der Waals surface area contributed by atoms with Gasteiger partial charge in [-0.05, 0) is 36.4 Å². The van der Waals surface area contributed by atoms with Crippen molar-refractivity contribution < 1.29 is 41.6 Å². The van der Waals surface area contributed by atoms with E-state index in [2.05, 4.69) is 5.32 Å². The maximum atomic E-state index is 14.0. The fraction of sp³-hybridized carbons (Fsp3) is 0.269. The summed E-state index contributed by atoms with van der Waals surface area (Å²) in [6.07, 6.45) is 0. The molecule has 0 aliphatic rings. The molecular weight excluding hydrogens is 516 g/mol. The topological polar surface area (TPSA) is 122 Å². The van der Waals surface area contributed by atoms with Crippen molar-refractivity contribution in [2.45, 2.75) is 4.90 Å². The van der Waals surface area contributed by atoms with Gasteiger partial charge in [-0.1, -0.05) is 0 Å². The molecule has 0 saturated heterocycles. The van der Waals surface area contributed by atoms with E-state index in [1.807, 2.05) is 0 Å². The lowest BCUT2D eigenvalue weighted by Gasteiger charge is -2.26. The van der Waals surface area contributed by atoms with Gasteiger partial charge < -0.3 is 33.7 Å². The molecule has 204 valence electrons. The van der Waals surface area contributed by atoms with Crippen molar-refractivity contribution in [3.8, 4) is 34.5 Å². The van der Waals surface area contributed by atoms with Crippen LogP contribution in [0.3, 0.4) is 0 Å². The van der Waals surface area contributed by atoms with Gasteiger partial charge in [0.05, 0.1) is 53.2 Å². The Balaban J connectivity index is 2.07. The van der Waals surface area contributed by atoms with Crippen LogP contribution in [0.2, 0.25) is 0 Å². The van der Waals surface area contributed by atoms with Crippen LogP contribution >= 0.6 is 0 Å². The van der Waals surface area contributed by atoms with Gasteiger partial charge >= 0.3 is 0 Å². The van der Waals surface area contributed by atoms with Crippen LogP contribution in [0.1, 0.15) is 0 Å². The molecule has 0 aliphatic carbocycles. The minimum atomic E-state index is -4.32. The maximum Gasteiger partial charge on any atom is 0.265 e. The maximum absolute atomic E-state index is 14.0. The van der Waals surface area contributed by atoms with Gasteiger partial charge in [-0.15, -0.1) is 0 Å². The minimum absolute atomic E-state index is 0.101. The number of hydrogen-bond acceptors (Lipinski definition) is 9. The second kappa shape index (κ2) is 12.3. The van der Waals surface area contributed by atoms with E-state index in [4.69, 9.17) is 28.4 Å². The molecule has 0 radical (unpaired) electrons. The molecule has 0 spiro atoms. The van der Waals surface area contributed by atoms with Gasteiger partial charge in [0.15, 0.2) is 23.0 Å². The number of benzene rings is 3. The molecule has 0 unspecified atom stereocenters. The summed E-state index contributed by atoms with van der Waals surface area (Å²) in [7, 11) is 4.32. The Morgan fingerprint density at radius 1 is 0.684 bits per heavy atom. The van der Waals surface area contributed by atoms with Crippen molar-refractivity contribution in [2.24, 2.45) is 0 Å². The van der Waals surface area contributed by atoms with Crippen molar-refractivity contribution in [1.29, 1.82) is 0 Å². The average molecular weight is 547 g/mol. The average Bonchev–Trinajstić information content (AvgIpc) is 2.94. The Morgan fingerprint density at radius 2 is 1.24 bits per heavy atom. The molecule has 1 amide bonds. The quantitative estimate of drug-likeness (QED) is 0.363. The summed E-state index contributed by atoms with van der Waals surface area (Å²) >= 11 is 0. The molecular formula is C26H30N2O9S. The van der Waals surface area contributed by atoms with Crippen LogP contribution in [0.4, 0.5) is 11.4 Å². The smallest absolute Gasteiger partial charge is 0.265 e. The third-order valence-electron chi connectivity index (χ3n) is 5.55. The van der Waals surface area contributed by atoms with E-state index in [0.29, 0.717) is 28.7 Å². The summed E-state index contributed by atoms with van der Waals surface area (Å²) in [5.41, 5.74) is 0.484. The zero-order valence-electron chi connectivity index (χ0n) is 21.9. The lowest BCUT2D eigenvalue weighted by molar-refractivity contribution is -0.114. The SMILES string of the molecule is COc1ccc(OC)c(N(CC(=O)Nc2ccc(OC)c(OC)c2)S(=O)(=O)c2ccc(OC)c(OC)c2)c1. The van der Waals surface area contributed by atoms with Gasteiger partial charge in [0.1, 0.15) is 18.0 Å². The first-order chi connectivity index (χ1) is 18.2. The number of nitrogens with zero attached hydrogens (tertiary/aromatic N) is 1. The monoisotopic (exact) mass is 546 g/mol. The Morgan fingerprint density at radius 3 is 1.82 bits per heavy atom. The Hall–Kier alpha value is -4.32. The third kappa shape index (κ3) is 5.97. The highest BCUT2D eigenvalue weighted by atomic mass is 32.2. The molecule has 12 heteroatoms. The van der Waals surface area contributed by atoms with Crippen molar-refractivity contribution >= 4 is 27.3 Å². The van der Waals surface area contributed by atoms with Crippen molar-refractivity contribution in [3.63, 3.8) is 0 Å². The molecule has 11 nitrogen and oxygen atoms in total. The van der Waals surface area contributed by atoms with Gasteiger partial charge in [0.2, 0.25) is 5.91 Å². The fourth-order valence-corrected chi connectivity index (χ4v) is 5.08. The third-order valence-corrected chi connectivity index (χ3v) is 7.31. The number of hydrogen-bond donors (Lipinski definition) is 1. The first-order valence-electron chi connectivity index (χ1n) is 11.2. The predicted molar refractivity (Wildman–Crippen MR) is 142 cm³/mol. The van der Waals surface area contributed by atoms with Gasteiger partial charge in [-0.2, -0.15) is 0 Å². The fourth-order valence-electron chi connectivity index (χ4n) is 3.64. The summed E-state index contributed by atoms with van der Waals surface area (Å²) in [4.78, 5) is 13.1. The van der Waals surface area contributed by atoms with E-state index in [9.17, 15) is 13.2 Å².